The van der Waals surface area contributed by atoms with Gasteiger partial charge in [-0.15, -0.1) is 23.1 Å². The van der Waals surface area contributed by atoms with E-state index in [4.69, 9.17) is 0 Å². The molecule has 6 heteroatoms. The Balaban J connectivity index is 1.71. The van der Waals surface area contributed by atoms with Gasteiger partial charge in [0.2, 0.25) is 5.91 Å². The molecule has 0 atom stereocenters. The number of hydrogen-bond acceptors (Lipinski definition) is 4. The van der Waals surface area contributed by atoms with E-state index in [-0.39, 0.29) is 17.0 Å². The number of thiophene rings is 1. The van der Waals surface area contributed by atoms with Gasteiger partial charge in [-0.05, 0) is 45.4 Å². The molecule has 0 aliphatic carbocycles. The molecule has 1 aromatic heterocycles. The Labute approximate surface area is 169 Å². The van der Waals surface area contributed by atoms with Gasteiger partial charge in [0.25, 0.3) is 0 Å². The summed E-state index contributed by atoms with van der Waals surface area (Å²) in [5.74, 6) is 0.685. The van der Waals surface area contributed by atoms with Gasteiger partial charge in [-0.25, -0.2) is 0 Å². The Hall–Kier alpha value is -1.81. The molecule has 142 valence electrons. The number of nitrogens with zero attached hydrogens (tertiary/aromatic N) is 1. The molecule has 27 heavy (non-hydrogen) atoms. The number of benzene rings is 1. The molecule has 3 N–H and O–H groups in total. The van der Waals surface area contributed by atoms with Crippen LogP contribution >= 0.6 is 23.1 Å². The van der Waals surface area contributed by atoms with Gasteiger partial charge in [0.05, 0.1) is 16.0 Å². The first-order valence-electron chi connectivity index (χ1n) is 9.13. The van der Waals surface area contributed by atoms with Crippen molar-refractivity contribution in [2.24, 2.45) is 0 Å². The Morgan fingerprint density at radius 3 is 2.67 bits per heavy atom. The molecule has 0 saturated heterocycles. The first-order valence-corrected chi connectivity index (χ1v) is 10.9. The SMILES string of the molecule is CC1(C)Cc2c(sc(NC(=O)CCSc3ccccc3)c2C#N)C(C)(C)[NH2+]1. The van der Waals surface area contributed by atoms with Crippen molar-refractivity contribution in [2.45, 2.75) is 56.5 Å². The third kappa shape index (κ3) is 4.55. The zero-order chi connectivity index (χ0) is 19.7. The summed E-state index contributed by atoms with van der Waals surface area (Å²) in [6.07, 6.45) is 1.26. The van der Waals surface area contributed by atoms with Crippen molar-refractivity contribution < 1.29 is 10.1 Å². The van der Waals surface area contributed by atoms with E-state index in [0.29, 0.717) is 17.0 Å². The second-order valence-electron chi connectivity index (χ2n) is 8.22. The van der Waals surface area contributed by atoms with Crippen molar-refractivity contribution in [3.8, 4) is 6.07 Å². The Morgan fingerprint density at radius 1 is 1.30 bits per heavy atom. The molecule has 0 saturated carbocycles. The number of quaternary nitrogens is 1. The van der Waals surface area contributed by atoms with Crippen LogP contribution in [-0.4, -0.2) is 17.2 Å². The molecule has 2 aromatic rings. The molecule has 0 radical (unpaired) electrons. The van der Waals surface area contributed by atoms with Crippen LogP contribution in [0.3, 0.4) is 0 Å². The van der Waals surface area contributed by atoms with Gasteiger partial charge in [-0.1, -0.05) is 18.2 Å². The van der Waals surface area contributed by atoms with Crippen molar-refractivity contribution in [2.75, 3.05) is 11.1 Å². The van der Waals surface area contributed by atoms with Crippen LogP contribution in [0.25, 0.3) is 0 Å². The lowest BCUT2D eigenvalue weighted by Gasteiger charge is -2.38. The second-order valence-corrected chi connectivity index (χ2v) is 10.4. The van der Waals surface area contributed by atoms with Gasteiger partial charge < -0.3 is 10.6 Å². The molecule has 2 heterocycles. The molecule has 0 fully saturated rings. The molecule has 3 rings (SSSR count). The number of nitriles is 1. The fourth-order valence-corrected chi connectivity index (χ4v) is 6.01. The van der Waals surface area contributed by atoms with Crippen LogP contribution in [0.4, 0.5) is 5.00 Å². The predicted molar refractivity (Wildman–Crippen MR) is 112 cm³/mol. The molecule has 0 unspecified atom stereocenters. The third-order valence-electron chi connectivity index (χ3n) is 4.68. The molecule has 1 aromatic carbocycles. The van der Waals surface area contributed by atoms with Crippen molar-refractivity contribution in [3.05, 3.63) is 46.3 Å². The minimum Gasteiger partial charge on any atom is -0.333 e. The van der Waals surface area contributed by atoms with E-state index in [9.17, 15) is 10.1 Å². The number of nitrogens with two attached hydrogens (primary N) is 1. The molecule has 1 aliphatic heterocycles. The van der Waals surface area contributed by atoms with Gasteiger partial charge in [-0.2, -0.15) is 5.26 Å². The van der Waals surface area contributed by atoms with Crippen LogP contribution in [0, 0.1) is 11.3 Å². The Kier molecular flexibility index (Phi) is 5.66. The summed E-state index contributed by atoms with van der Waals surface area (Å²) in [4.78, 5) is 14.8. The molecular weight excluding hydrogens is 374 g/mol. The number of carbonyl (C=O) groups is 1. The van der Waals surface area contributed by atoms with Crippen molar-refractivity contribution in [3.63, 3.8) is 0 Å². The smallest absolute Gasteiger partial charge is 0.225 e. The maximum atomic E-state index is 12.4. The topological polar surface area (TPSA) is 69.5 Å². The van der Waals surface area contributed by atoms with Gasteiger partial charge in [0.1, 0.15) is 16.6 Å². The highest BCUT2D eigenvalue weighted by atomic mass is 32.2. The lowest BCUT2D eigenvalue weighted by molar-refractivity contribution is -0.789. The maximum Gasteiger partial charge on any atom is 0.225 e. The second kappa shape index (κ2) is 7.67. The zero-order valence-corrected chi connectivity index (χ0v) is 17.9. The minimum atomic E-state index is -0.0977. The molecule has 1 amide bonds. The quantitative estimate of drug-likeness (QED) is 0.749. The number of rotatable bonds is 5. The van der Waals surface area contributed by atoms with E-state index in [1.54, 1.807) is 23.1 Å². The Bertz CT molecular complexity index is 879. The number of carbonyl (C=O) groups excluding carboxylic acids is 1. The number of anilines is 1. The van der Waals surface area contributed by atoms with Crippen LogP contribution in [-0.2, 0) is 16.8 Å². The summed E-state index contributed by atoms with van der Waals surface area (Å²) < 4.78 is 0. The van der Waals surface area contributed by atoms with Crippen LogP contribution in [0.15, 0.2) is 35.2 Å². The van der Waals surface area contributed by atoms with Crippen molar-refractivity contribution in [1.29, 1.82) is 5.26 Å². The zero-order valence-electron chi connectivity index (χ0n) is 16.3. The summed E-state index contributed by atoms with van der Waals surface area (Å²) in [7, 11) is 0. The summed E-state index contributed by atoms with van der Waals surface area (Å²) in [6, 6.07) is 12.4. The van der Waals surface area contributed by atoms with E-state index >= 15 is 0 Å². The van der Waals surface area contributed by atoms with E-state index in [2.05, 4.69) is 44.4 Å². The standard InChI is InChI=1S/C21H25N3OS2/c1-20(2)12-15-16(13-22)19(27-18(15)21(3,4)24-20)23-17(25)10-11-26-14-8-6-5-7-9-14/h5-9,24H,10-12H2,1-4H3,(H,23,25)/p+1. The maximum absolute atomic E-state index is 12.4. The first kappa shape index (κ1) is 19.9. The number of amides is 1. The van der Waals surface area contributed by atoms with E-state index in [1.807, 2.05) is 30.3 Å². The Morgan fingerprint density at radius 2 is 2.00 bits per heavy atom. The highest BCUT2D eigenvalue weighted by Crippen LogP contribution is 2.41. The summed E-state index contributed by atoms with van der Waals surface area (Å²) >= 11 is 3.23. The van der Waals surface area contributed by atoms with E-state index in [0.717, 1.165) is 22.6 Å². The number of fused-ring (bicyclic) bond motifs is 1. The van der Waals surface area contributed by atoms with Gasteiger partial charge in [0, 0.05) is 23.5 Å². The monoisotopic (exact) mass is 400 g/mol. The largest absolute Gasteiger partial charge is 0.333 e. The average Bonchev–Trinajstić information content (AvgIpc) is 2.91. The summed E-state index contributed by atoms with van der Waals surface area (Å²) in [5, 5.41) is 15.8. The highest BCUT2D eigenvalue weighted by molar-refractivity contribution is 7.99. The highest BCUT2D eigenvalue weighted by Gasteiger charge is 2.44. The first-order chi connectivity index (χ1) is 12.7. The van der Waals surface area contributed by atoms with Crippen LogP contribution in [0.1, 0.15) is 50.1 Å². The molecular formula is C21H26N3OS2+. The number of nitrogens with one attached hydrogen (secondary N) is 1. The normalized spacial score (nSPS) is 17.0. The van der Waals surface area contributed by atoms with Gasteiger partial charge >= 0.3 is 0 Å². The molecule has 4 nitrogen and oxygen atoms in total. The van der Waals surface area contributed by atoms with E-state index < -0.39 is 0 Å². The van der Waals surface area contributed by atoms with Crippen LogP contribution in [0.2, 0.25) is 0 Å². The fraction of sp³-hybridized carbons (Fsp3) is 0.429. The van der Waals surface area contributed by atoms with Crippen LogP contribution in [0.5, 0.6) is 0 Å². The number of hydrogen-bond donors (Lipinski definition) is 2. The van der Waals surface area contributed by atoms with Crippen LogP contribution < -0.4 is 10.6 Å². The fourth-order valence-electron chi connectivity index (χ4n) is 3.88. The minimum absolute atomic E-state index is 0.0328. The lowest BCUT2D eigenvalue weighted by Crippen LogP contribution is -3.03. The molecule has 0 bridgehead atoms. The average molecular weight is 401 g/mol. The van der Waals surface area contributed by atoms with Gasteiger partial charge in [-0.3, -0.25) is 4.79 Å². The van der Waals surface area contributed by atoms with E-state index in [1.165, 1.54) is 4.88 Å². The van der Waals surface area contributed by atoms with Crippen molar-refractivity contribution >= 4 is 34.0 Å². The van der Waals surface area contributed by atoms with Gasteiger partial charge in [0.15, 0.2) is 0 Å². The summed E-state index contributed by atoms with van der Waals surface area (Å²) in [6.45, 7) is 8.78. The summed E-state index contributed by atoms with van der Waals surface area (Å²) in [5.41, 5.74) is 1.69. The number of thioether (sulfide) groups is 1. The third-order valence-corrected chi connectivity index (χ3v) is 7.18. The lowest BCUT2D eigenvalue weighted by atomic mass is 9.81. The predicted octanol–water partition coefficient (Wildman–Crippen LogP) is 3.87. The molecule has 0 spiro atoms. The van der Waals surface area contributed by atoms with Crippen molar-refractivity contribution in [1.82, 2.24) is 0 Å². The molecule has 1 aliphatic rings.